The zero-order valence-electron chi connectivity index (χ0n) is 42.4. The van der Waals surface area contributed by atoms with Crippen LogP contribution in [0.15, 0.2) is 103 Å². The first-order chi connectivity index (χ1) is 36.2. The number of ether oxygens (including phenoxy) is 3. The number of aromatic nitrogens is 7. The van der Waals surface area contributed by atoms with E-state index in [1.807, 2.05) is 94.5 Å². The van der Waals surface area contributed by atoms with Crippen molar-refractivity contribution in [1.29, 1.82) is 0 Å². The van der Waals surface area contributed by atoms with E-state index >= 15 is 0 Å². The number of carbonyl (C=O) groups excluding carboxylic acids is 2. The van der Waals surface area contributed by atoms with Crippen molar-refractivity contribution in [3.63, 3.8) is 0 Å². The quantitative estimate of drug-likeness (QED) is 0.0608. The van der Waals surface area contributed by atoms with Crippen molar-refractivity contribution in [2.45, 2.75) is 96.2 Å². The first kappa shape index (κ1) is 50.1. The van der Waals surface area contributed by atoms with Crippen molar-refractivity contribution in [3.05, 3.63) is 115 Å². The number of para-hydroxylation sites is 1. The van der Waals surface area contributed by atoms with Crippen molar-refractivity contribution >= 4 is 51.5 Å². The molecule has 17 heteroatoms. The molecule has 3 aromatic carbocycles. The molecule has 3 aliphatic heterocycles. The lowest BCUT2D eigenvalue weighted by atomic mass is 9.93. The number of nitrogens with two attached hydrogens (primary N) is 2. The Morgan fingerprint density at radius 1 is 0.784 bits per heavy atom. The molecule has 3 atom stereocenters. The molecular weight excluding hydrogens is 933 g/mol. The first-order valence-electron chi connectivity index (χ1n) is 26.3. The number of nitrogens with zero attached hydrogens (tertiary/aromatic N) is 10. The fraction of sp³-hybridized carbons (Fsp3) is 0.404. The number of benzene rings is 3. The molecule has 2 amide bonds. The van der Waals surface area contributed by atoms with Crippen LogP contribution in [0.4, 0.5) is 17.6 Å². The molecule has 3 saturated heterocycles. The number of fused-ring (bicyclic) bond motifs is 2. The van der Waals surface area contributed by atoms with Crippen LogP contribution in [-0.4, -0.2) is 116 Å². The summed E-state index contributed by atoms with van der Waals surface area (Å²) in [5.41, 5.74) is 18.4. The predicted molar refractivity (Wildman–Crippen MR) is 288 cm³/mol. The van der Waals surface area contributed by atoms with E-state index in [0.717, 1.165) is 104 Å². The molecule has 0 saturated carbocycles. The topological polar surface area (TPSA) is 206 Å². The minimum atomic E-state index is -0.446. The van der Waals surface area contributed by atoms with Gasteiger partial charge in [-0.15, -0.1) is 0 Å². The van der Waals surface area contributed by atoms with Crippen molar-refractivity contribution in [3.8, 4) is 34.0 Å². The Morgan fingerprint density at radius 3 is 2.30 bits per heavy atom. The number of rotatable bonds is 18. The number of allylic oxidation sites excluding steroid dienone is 1. The third-order valence-electron chi connectivity index (χ3n) is 14.5. The lowest BCUT2D eigenvalue weighted by Gasteiger charge is -2.37. The summed E-state index contributed by atoms with van der Waals surface area (Å²) in [6.07, 6.45) is 14.6. The zero-order valence-corrected chi connectivity index (χ0v) is 42.4. The van der Waals surface area contributed by atoms with Crippen molar-refractivity contribution in [2.75, 3.05) is 68.1 Å². The normalized spacial score (nSPS) is 18.4. The number of unbranched alkanes of at least 4 members (excludes halogenated alkanes) is 6. The van der Waals surface area contributed by atoms with Gasteiger partial charge in [-0.25, -0.2) is 19.6 Å². The number of nitrogen functional groups attached to an aromatic ring is 1. The highest BCUT2D eigenvalue weighted by molar-refractivity contribution is 5.99. The van der Waals surface area contributed by atoms with Crippen LogP contribution < -0.4 is 26.0 Å². The second-order valence-corrected chi connectivity index (χ2v) is 19.7. The largest absolute Gasteiger partial charge is 0.457 e. The number of likely N-dealkylation sites (tertiary alicyclic amines) is 1. The molecule has 17 nitrogen and oxygen atoms in total. The van der Waals surface area contributed by atoms with E-state index in [4.69, 9.17) is 45.7 Å². The van der Waals surface area contributed by atoms with Gasteiger partial charge in [0, 0.05) is 42.9 Å². The molecule has 7 heterocycles. The number of hydrogen-bond acceptors (Lipinski definition) is 14. The van der Waals surface area contributed by atoms with Gasteiger partial charge < -0.3 is 40.4 Å². The van der Waals surface area contributed by atoms with Crippen molar-refractivity contribution in [1.82, 2.24) is 39.6 Å². The second kappa shape index (κ2) is 23.1. The number of morpholine rings is 2. The number of anilines is 3. The van der Waals surface area contributed by atoms with Crippen LogP contribution in [0.25, 0.3) is 44.6 Å². The van der Waals surface area contributed by atoms with Gasteiger partial charge in [0.15, 0.2) is 11.3 Å². The minimum absolute atomic E-state index is 0.0112. The van der Waals surface area contributed by atoms with Gasteiger partial charge in [-0.05, 0) is 119 Å². The van der Waals surface area contributed by atoms with Gasteiger partial charge in [-0.2, -0.15) is 15.1 Å². The van der Waals surface area contributed by atoms with E-state index in [1.165, 1.54) is 6.33 Å². The van der Waals surface area contributed by atoms with Gasteiger partial charge in [0.25, 0.3) is 0 Å². The summed E-state index contributed by atoms with van der Waals surface area (Å²) < 4.78 is 19.5. The van der Waals surface area contributed by atoms with E-state index < -0.39 is 5.91 Å². The Balaban J connectivity index is 0.723. The average Bonchev–Trinajstić information content (AvgIpc) is 3.83. The van der Waals surface area contributed by atoms with Crippen molar-refractivity contribution < 1.29 is 23.8 Å². The first-order valence-corrected chi connectivity index (χ1v) is 26.3. The monoisotopic (exact) mass is 999 g/mol. The van der Waals surface area contributed by atoms with Crippen LogP contribution in [-0.2, 0) is 20.7 Å². The van der Waals surface area contributed by atoms with Gasteiger partial charge in [0.1, 0.15) is 35.2 Å². The number of carbonyl (C=O) groups is 2. The van der Waals surface area contributed by atoms with Crippen LogP contribution >= 0.6 is 0 Å². The molecule has 0 spiro atoms. The van der Waals surface area contributed by atoms with E-state index in [2.05, 4.69) is 39.7 Å². The molecule has 0 radical (unpaired) electrons. The highest BCUT2D eigenvalue weighted by atomic mass is 16.5. The molecule has 384 valence electrons. The van der Waals surface area contributed by atoms with Gasteiger partial charge in [-0.1, -0.05) is 62.1 Å². The third-order valence-corrected chi connectivity index (χ3v) is 14.5. The summed E-state index contributed by atoms with van der Waals surface area (Å²) in [6.45, 7) is 9.39. The Morgan fingerprint density at radius 2 is 1.53 bits per heavy atom. The van der Waals surface area contributed by atoms with E-state index in [-0.39, 0.29) is 24.0 Å². The molecule has 4 aromatic heterocycles. The molecule has 4 N–H and O–H groups in total. The number of amides is 2. The second-order valence-electron chi connectivity index (χ2n) is 19.7. The molecule has 10 rings (SSSR count). The molecule has 3 aliphatic rings. The summed E-state index contributed by atoms with van der Waals surface area (Å²) in [5, 5.41) is 6.64. The van der Waals surface area contributed by atoms with Crippen LogP contribution in [0.1, 0.15) is 93.6 Å². The molecule has 0 aliphatic carbocycles. The van der Waals surface area contributed by atoms with Gasteiger partial charge in [-0.3, -0.25) is 9.59 Å². The smallest absolute Gasteiger partial charge is 0.248 e. The summed E-state index contributed by atoms with van der Waals surface area (Å²) in [4.78, 5) is 57.1. The number of hydrogen-bond donors (Lipinski definition) is 2. The van der Waals surface area contributed by atoms with Gasteiger partial charge >= 0.3 is 0 Å². The fourth-order valence-electron chi connectivity index (χ4n) is 10.5. The predicted octanol–water partition coefficient (Wildman–Crippen LogP) is 9.12. The Labute approximate surface area is 431 Å². The van der Waals surface area contributed by atoms with Crippen molar-refractivity contribution in [2.24, 2.45) is 5.73 Å². The van der Waals surface area contributed by atoms with E-state index in [1.54, 1.807) is 6.08 Å². The van der Waals surface area contributed by atoms with Crippen LogP contribution in [0, 0.1) is 0 Å². The maximum Gasteiger partial charge on any atom is 0.248 e. The van der Waals surface area contributed by atoms with E-state index in [0.29, 0.717) is 97.9 Å². The van der Waals surface area contributed by atoms with Gasteiger partial charge in [0.2, 0.25) is 17.8 Å². The SMILES string of the molecule is C[C@@H]1COCCN1c1nc(N2CCOC[C@H]2C)c2ccc(-c3cccc(C(N)=O)c3CCCCCCCC/C=C/C(=O)N3CCC[C@@H](n4nc(-c5ccc(Oc6ccccc6)cc5)c5c(N)ncnc54)C3)nc2n1. The summed E-state index contributed by atoms with van der Waals surface area (Å²) in [6, 6.07) is 27.4. The summed E-state index contributed by atoms with van der Waals surface area (Å²) in [5.74, 6) is 2.89. The summed E-state index contributed by atoms with van der Waals surface area (Å²) in [7, 11) is 0. The third kappa shape index (κ3) is 11.2. The van der Waals surface area contributed by atoms with Crippen LogP contribution in [0.5, 0.6) is 11.5 Å². The fourth-order valence-corrected chi connectivity index (χ4v) is 10.5. The maximum atomic E-state index is 13.5. The molecule has 74 heavy (non-hydrogen) atoms. The van der Waals surface area contributed by atoms with Gasteiger partial charge in [0.05, 0.1) is 61.0 Å². The lowest BCUT2D eigenvalue weighted by Crippen LogP contribution is -2.46. The highest BCUT2D eigenvalue weighted by Gasteiger charge is 2.30. The van der Waals surface area contributed by atoms with Crippen LogP contribution in [0.2, 0.25) is 0 Å². The lowest BCUT2D eigenvalue weighted by molar-refractivity contribution is -0.127. The Bertz CT molecular complexity index is 3110. The molecule has 7 aromatic rings. The molecule has 3 fully saturated rings. The minimum Gasteiger partial charge on any atom is -0.457 e. The number of primary amides is 1. The Hall–Kier alpha value is -7.50. The molecule has 0 unspecified atom stereocenters. The molecule has 0 bridgehead atoms. The average molecular weight is 999 g/mol. The summed E-state index contributed by atoms with van der Waals surface area (Å²) >= 11 is 0. The molecular formula is C57H66N12O5. The maximum absolute atomic E-state index is 13.5. The van der Waals surface area contributed by atoms with Crippen LogP contribution in [0.3, 0.4) is 0 Å². The van der Waals surface area contributed by atoms with E-state index in [9.17, 15) is 9.59 Å². The number of piperidine rings is 1. The Kier molecular flexibility index (Phi) is 15.7. The standard InChI is InChI=1S/C57H66N12O5/c1-38-35-72-32-30-67(38)55-47-27-28-48(62-54(47)63-57(64-55)68-31-33-73-36-39(68)2)45-20-14-21-46(53(59)71)44(45)19-12-7-5-3-4-6-8-13-22-49(70)66-29-15-16-41(34-66)69-56-50(52(58)60-37-61-56)51(65-69)40-23-25-43(26-24-40)74-42-17-10-9-11-18-42/h9-11,13-14,17-18,20-28,37-39,41H,3-8,12,15-16,19,29-36H2,1-2H3,(H2,59,71)(H2,58,60,61)/b22-13+/t38-,39-,41-/m1/s1. The zero-order chi connectivity index (χ0) is 51.0. The highest BCUT2D eigenvalue weighted by Crippen LogP contribution is 2.36. The number of pyridine rings is 1.